The van der Waals surface area contributed by atoms with Gasteiger partial charge in [0.2, 0.25) is 11.8 Å². The highest BCUT2D eigenvalue weighted by Gasteiger charge is 2.11. The number of aromatic nitrogens is 2. The van der Waals surface area contributed by atoms with Gasteiger partial charge in [-0.3, -0.25) is 19.2 Å². The number of nitrogens with zero attached hydrogens (tertiary/aromatic N) is 3. The molecule has 0 aliphatic carbocycles. The van der Waals surface area contributed by atoms with Gasteiger partial charge in [0.05, 0.1) is 25.9 Å². The zero-order valence-electron chi connectivity index (χ0n) is 17.0. The Bertz CT molecular complexity index is 803. The number of benzene rings is 1. The van der Waals surface area contributed by atoms with Crippen molar-refractivity contribution in [2.45, 2.75) is 26.8 Å². The number of hydrogen-bond donors (Lipinski definition) is 2. The molecule has 0 fully saturated rings. The molecule has 1 aromatic heterocycles. The minimum atomic E-state index is -0.187. The van der Waals surface area contributed by atoms with Gasteiger partial charge >= 0.3 is 0 Å². The predicted molar refractivity (Wildman–Crippen MR) is 108 cm³/mol. The van der Waals surface area contributed by atoms with Crippen LogP contribution in [0.3, 0.4) is 0 Å². The van der Waals surface area contributed by atoms with Gasteiger partial charge in [-0.1, -0.05) is 6.07 Å². The summed E-state index contributed by atoms with van der Waals surface area (Å²) in [7, 11) is 3.31. The van der Waals surface area contributed by atoms with Gasteiger partial charge in [-0.15, -0.1) is 0 Å². The average molecular weight is 387 g/mol. The van der Waals surface area contributed by atoms with Crippen LogP contribution in [0.1, 0.15) is 17.8 Å². The molecule has 0 spiro atoms. The number of hydrogen-bond acceptors (Lipinski definition) is 5. The van der Waals surface area contributed by atoms with Gasteiger partial charge in [-0.25, -0.2) is 0 Å². The van der Waals surface area contributed by atoms with E-state index in [2.05, 4.69) is 15.7 Å². The summed E-state index contributed by atoms with van der Waals surface area (Å²) in [6.07, 6.45) is 0.799. The standard InChI is InChI=1S/C20H29N5O3/c1-15-11-16(2)25(23-15)10-6-9-21-19(26)13-24(3)14-20(27)22-17-7-5-8-18(12-17)28-4/h5,7-8,11-12H,6,9-10,13-14H2,1-4H3,(H,21,26)(H,22,27). The third kappa shape index (κ3) is 7.03. The highest BCUT2D eigenvalue weighted by Crippen LogP contribution is 2.16. The molecule has 0 bridgehead atoms. The van der Waals surface area contributed by atoms with Gasteiger partial charge in [0.1, 0.15) is 5.75 Å². The third-order valence-electron chi connectivity index (χ3n) is 4.15. The highest BCUT2D eigenvalue weighted by atomic mass is 16.5. The van der Waals surface area contributed by atoms with Crippen molar-refractivity contribution in [3.05, 3.63) is 41.7 Å². The molecule has 0 aliphatic heterocycles. The Hall–Kier alpha value is -2.87. The molecular weight excluding hydrogens is 358 g/mol. The summed E-state index contributed by atoms with van der Waals surface area (Å²) in [6.45, 7) is 5.59. The van der Waals surface area contributed by atoms with Gasteiger partial charge < -0.3 is 15.4 Å². The fraction of sp³-hybridized carbons (Fsp3) is 0.450. The lowest BCUT2D eigenvalue weighted by atomic mass is 10.3. The van der Waals surface area contributed by atoms with Crippen LogP contribution in [0.4, 0.5) is 5.69 Å². The highest BCUT2D eigenvalue weighted by molar-refractivity contribution is 5.92. The van der Waals surface area contributed by atoms with Crippen LogP contribution in [0.5, 0.6) is 5.75 Å². The van der Waals surface area contributed by atoms with Crippen LogP contribution in [0.15, 0.2) is 30.3 Å². The normalized spacial score (nSPS) is 10.8. The number of carbonyl (C=O) groups is 2. The lowest BCUT2D eigenvalue weighted by Gasteiger charge is -2.16. The molecule has 28 heavy (non-hydrogen) atoms. The van der Waals surface area contributed by atoms with Crippen LogP contribution >= 0.6 is 0 Å². The number of carbonyl (C=O) groups excluding carboxylic acids is 2. The van der Waals surface area contributed by atoms with E-state index in [9.17, 15) is 9.59 Å². The van der Waals surface area contributed by atoms with Gasteiger partial charge in [0.15, 0.2) is 0 Å². The summed E-state index contributed by atoms with van der Waals surface area (Å²) in [4.78, 5) is 25.8. The molecule has 0 unspecified atom stereocenters. The molecule has 152 valence electrons. The van der Waals surface area contributed by atoms with Gasteiger partial charge in [-0.2, -0.15) is 5.10 Å². The van der Waals surface area contributed by atoms with E-state index in [4.69, 9.17) is 4.74 Å². The Morgan fingerprint density at radius 2 is 1.93 bits per heavy atom. The first-order valence-corrected chi connectivity index (χ1v) is 9.27. The average Bonchev–Trinajstić information content (AvgIpc) is 2.95. The Kier molecular flexibility index (Phi) is 8.01. The van der Waals surface area contributed by atoms with Gasteiger partial charge in [0, 0.05) is 30.5 Å². The lowest BCUT2D eigenvalue weighted by molar-refractivity contribution is -0.122. The Morgan fingerprint density at radius 3 is 2.61 bits per heavy atom. The van der Waals surface area contributed by atoms with Crippen LogP contribution < -0.4 is 15.4 Å². The van der Waals surface area contributed by atoms with E-state index < -0.39 is 0 Å². The minimum Gasteiger partial charge on any atom is -0.497 e. The van der Waals surface area contributed by atoms with Crippen molar-refractivity contribution in [2.24, 2.45) is 0 Å². The Labute approximate surface area is 165 Å². The molecule has 0 saturated carbocycles. The zero-order chi connectivity index (χ0) is 20.5. The molecule has 2 rings (SSSR count). The van der Waals surface area contributed by atoms with Crippen molar-refractivity contribution >= 4 is 17.5 Å². The number of likely N-dealkylation sites (N-methyl/N-ethyl adjacent to an activating group) is 1. The predicted octanol–water partition coefficient (Wildman–Crippen LogP) is 1.59. The molecule has 2 amide bonds. The topological polar surface area (TPSA) is 88.5 Å². The van der Waals surface area contributed by atoms with E-state index in [-0.39, 0.29) is 24.9 Å². The van der Waals surface area contributed by atoms with Crippen molar-refractivity contribution in [1.82, 2.24) is 20.0 Å². The van der Waals surface area contributed by atoms with E-state index in [1.807, 2.05) is 24.6 Å². The number of amides is 2. The molecule has 0 radical (unpaired) electrons. The van der Waals surface area contributed by atoms with E-state index in [0.717, 1.165) is 24.4 Å². The lowest BCUT2D eigenvalue weighted by Crippen LogP contribution is -2.39. The second kappa shape index (κ2) is 10.5. The molecule has 1 heterocycles. The van der Waals surface area contributed by atoms with Crippen LogP contribution in [-0.4, -0.2) is 60.3 Å². The largest absolute Gasteiger partial charge is 0.497 e. The summed E-state index contributed by atoms with van der Waals surface area (Å²) in [5.41, 5.74) is 2.77. The second-order valence-electron chi connectivity index (χ2n) is 6.81. The second-order valence-corrected chi connectivity index (χ2v) is 6.81. The molecule has 0 aliphatic rings. The van der Waals surface area contributed by atoms with E-state index in [1.165, 1.54) is 0 Å². The van der Waals surface area contributed by atoms with Crippen molar-refractivity contribution in [3.8, 4) is 5.75 Å². The quantitative estimate of drug-likeness (QED) is 0.605. The molecule has 0 atom stereocenters. The van der Waals surface area contributed by atoms with Crippen LogP contribution in [0, 0.1) is 13.8 Å². The maximum absolute atomic E-state index is 12.1. The summed E-state index contributed by atoms with van der Waals surface area (Å²) < 4.78 is 7.07. The van der Waals surface area contributed by atoms with Crippen LogP contribution in [0.25, 0.3) is 0 Å². The summed E-state index contributed by atoms with van der Waals surface area (Å²) in [5.74, 6) is 0.379. The zero-order valence-corrected chi connectivity index (χ0v) is 17.0. The summed E-state index contributed by atoms with van der Waals surface area (Å²) in [6, 6.07) is 9.17. The first kappa shape index (κ1) is 21.4. The molecule has 1 aromatic carbocycles. The fourth-order valence-electron chi connectivity index (χ4n) is 2.86. The fourth-order valence-corrected chi connectivity index (χ4v) is 2.86. The molecule has 8 heteroatoms. The molecular formula is C20H29N5O3. The number of anilines is 1. The van der Waals surface area contributed by atoms with Crippen molar-refractivity contribution in [1.29, 1.82) is 0 Å². The number of aryl methyl sites for hydroxylation is 3. The van der Waals surface area contributed by atoms with Crippen molar-refractivity contribution < 1.29 is 14.3 Å². The smallest absolute Gasteiger partial charge is 0.238 e. The Morgan fingerprint density at radius 1 is 1.18 bits per heavy atom. The van der Waals surface area contributed by atoms with E-state index >= 15 is 0 Å². The number of methoxy groups -OCH3 is 1. The minimum absolute atomic E-state index is 0.106. The molecule has 2 N–H and O–H groups in total. The first-order chi connectivity index (χ1) is 13.4. The maximum Gasteiger partial charge on any atom is 0.238 e. The molecule has 0 saturated heterocycles. The monoisotopic (exact) mass is 387 g/mol. The number of rotatable bonds is 10. The van der Waals surface area contributed by atoms with E-state index in [1.54, 1.807) is 43.3 Å². The van der Waals surface area contributed by atoms with Gasteiger partial charge in [0.25, 0.3) is 0 Å². The summed E-state index contributed by atoms with van der Waals surface area (Å²) >= 11 is 0. The van der Waals surface area contributed by atoms with Crippen molar-refractivity contribution in [2.75, 3.05) is 39.1 Å². The van der Waals surface area contributed by atoms with Crippen molar-refractivity contribution in [3.63, 3.8) is 0 Å². The SMILES string of the molecule is COc1cccc(NC(=O)CN(C)CC(=O)NCCCn2nc(C)cc2C)c1. The van der Waals surface area contributed by atoms with E-state index in [0.29, 0.717) is 18.0 Å². The van der Waals surface area contributed by atoms with Gasteiger partial charge in [-0.05, 0) is 45.5 Å². The third-order valence-corrected chi connectivity index (χ3v) is 4.15. The number of ether oxygens (including phenoxy) is 1. The number of nitrogens with one attached hydrogen (secondary N) is 2. The summed E-state index contributed by atoms with van der Waals surface area (Å²) in [5, 5.41) is 10.1. The van der Waals surface area contributed by atoms with Crippen LogP contribution in [-0.2, 0) is 16.1 Å². The Balaban J connectivity index is 1.65. The van der Waals surface area contributed by atoms with Crippen LogP contribution in [0.2, 0.25) is 0 Å². The molecule has 2 aromatic rings. The maximum atomic E-state index is 12.1. The molecule has 8 nitrogen and oxygen atoms in total. The first-order valence-electron chi connectivity index (χ1n) is 9.27.